The van der Waals surface area contributed by atoms with Crippen molar-refractivity contribution < 1.29 is 9.18 Å². The third kappa shape index (κ3) is 3.46. The summed E-state index contributed by atoms with van der Waals surface area (Å²) >= 11 is 1.31. The van der Waals surface area contributed by atoms with Gasteiger partial charge in [-0.25, -0.2) is 9.37 Å². The largest absolute Gasteiger partial charge is 0.378 e. The topological polar surface area (TPSA) is 63.1 Å². The molecule has 0 bridgehead atoms. The van der Waals surface area contributed by atoms with Crippen LogP contribution in [-0.2, 0) is 0 Å². The van der Waals surface area contributed by atoms with Crippen LogP contribution in [0.15, 0.2) is 48.5 Å². The van der Waals surface area contributed by atoms with Crippen molar-refractivity contribution in [3.8, 4) is 5.13 Å². The molecule has 0 fully saturated rings. The van der Waals surface area contributed by atoms with E-state index in [1.807, 2.05) is 38.1 Å². The molecule has 0 aliphatic rings. The average molecular weight is 395 g/mol. The normalized spacial score (nSPS) is 11.0. The zero-order chi connectivity index (χ0) is 19.8. The van der Waals surface area contributed by atoms with Crippen LogP contribution in [0.3, 0.4) is 0 Å². The summed E-state index contributed by atoms with van der Waals surface area (Å²) in [5, 5.41) is 7.89. The van der Waals surface area contributed by atoms with E-state index in [0.717, 1.165) is 16.1 Å². The summed E-state index contributed by atoms with van der Waals surface area (Å²) < 4.78 is 15.8. The fourth-order valence-electron chi connectivity index (χ4n) is 2.81. The Kier molecular flexibility index (Phi) is 4.56. The number of hydrogen-bond acceptors (Lipinski definition) is 5. The molecule has 28 heavy (non-hydrogen) atoms. The van der Waals surface area contributed by atoms with Crippen molar-refractivity contribution in [1.82, 2.24) is 14.8 Å². The van der Waals surface area contributed by atoms with Crippen molar-refractivity contribution in [2.75, 3.05) is 24.3 Å². The zero-order valence-electron chi connectivity index (χ0n) is 15.6. The Balaban J connectivity index is 1.64. The van der Waals surface area contributed by atoms with E-state index < -0.39 is 0 Å². The van der Waals surface area contributed by atoms with Gasteiger partial charge in [0.1, 0.15) is 11.6 Å². The van der Waals surface area contributed by atoms with E-state index in [4.69, 9.17) is 0 Å². The van der Waals surface area contributed by atoms with E-state index in [1.54, 1.807) is 28.9 Å². The Morgan fingerprint density at radius 2 is 1.89 bits per heavy atom. The number of aromatic nitrogens is 3. The molecular weight excluding hydrogens is 377 g/mol. The van der Waals surface area contributed by atoms with Gasteiger partial charge in [-0.05, 0) is 49.4 Å². The molecule has 2 heterocycles. The van der Waals surface area contributed by atoms with Crippen molar-refractivity contribution in [2.45, 2.75) is 6.92 Å². The van der Waals surface area contributed by atoms with Crippen LogP contribution in [0.25, 0.3) is 15.3 Å². The molecule has 4 aromatic rings. The number of amides is 1. The van der Waals surface area contributed by atoms with E-state index in [1.165, 1.54) is 23.5 Å². The molecule has 4 rings (SSSR count). The number of carbonyl (C=O) groups excluding carboxylic acids is 1. The van der Waals surface area contributed by atoms with Crippen LogP contribution >= 0.6 is 11.3 Å². The number of fused-ring (bicyclic) bond motifs is 1. The summed E-state index contributed by atoms with van der Waals surface area (Å²) in [4.78, 5) is 19.1. The standard InChI is InChI=1S/C20H18FN5OS/c1-12-10-18(23-19(27)13-4-7-15(8-5-13)25(2)3)26(24-12)20-22-16-9-6-14(21)11-17(16)28-20/h4-11H,1-3H3,(H,23,27). The van der Waals surface area contributed by atoms with E-state index in [9.17, 15) is 9.18 Å². The Morgan fingerprint density at radius 3 is 2.61 bits per heavy atom. The maximum atomic E-state index is 13.5. The number of thiazole rings is 1. The molecule has 0 spiro atoms. The first kappa shape index (κ1) is 18.1. The molecule has 1 amide bonds. The van der Waals surface area contributed by atoms with Crippen LogP contribution in [0.4, 0.5) is 15.9 Å². The van der Waals surface area contributed by atoms with Gasteiger partial charge in [-0.1, -0.05) is 11.3 Å². The first-order valence-corrected chi connectivity index (χ1v) is 9.44. The first-order chi connectivity index (χ1) is 13.4. The lowest BCUT2D eigenvalue weighted by molar-refractivity contribution is 0.102. The van der Waals surface area contributed by atoms with Crippen LogP contribution in [0.5, 0.6) is 0 Å². The van der Waals surface area contributed by atoms with Gasteiger partial charge in [0, 0.05) is 31.4 Å². The van der Waals surface area contributed by atoms with Crippen molar-refractivity contribution in [2.24, 2.45) is 0 Å². The number of halogens is 1. The number of aryl methyl sites for hydroxylation is 1. The lowest BCUT2D eigenvalue weighted by Crippen LogP contribution is -2.15. The van der Waals surface area contributed by atoms with Gasteiger partial charge in [-0.15, -0.1) is 0 Å². The van der Waals surface area contributed by atoms with Crippen molar-refractivity contribution >= 4 is 39.0 Å². The molecule has 2 aromatic carbocycles. The monoisotopic (exact) mass is 395 g/mol. The molecule has 1 N–H and O–H groups in total. The van der Waals surface area contributed by atoms with Gasteiger partial charge >= 0.3 is 0 Å². The molecule has 6 nitrogen and oxygen atoms in total. The molecular formula is C20H18FN5OS. The Bertz CT molecular complexity index is 1160. The van der Waals surface area contributed by atoms with Crippen LogP contribution in [0.1, 0.15) is 16.1 Å². The van der Waals surface area contributed by atoms with Gasteiger partial charge in [0.05, 0.1) is 15.9 Å². The van der Waals surface area contributed by atoms with E-state index in [2.05, 4.69) is 15.4 Å². The Labute approximate surface area is 165 Å². The van der Waals surface area contributed by atoms with Crippen LogP contribution in [0.2, 0.25) is 0 Å². The van der Waals surface area contributed by atoms with Gasteiger partial charge in [0.2, 0.25) is 5.13 Å². The van der Waals surface area contributed by atoms with Gasteiger partial charge < -0.3 is 10.2 Å². The van der Waals surface area contributed by atoms with Gasteiger partial charge in [0.15, 0.2) is 0 Å². The molecule has 8 heteroatoms. The smallest absolute Gasteiger partial charge is 0.256 e. The molecule has 0 radical (unpaired) electrons. The number of carbonyl (C=O) groups is 1. The number of hydrogen-bond donors (Lipinski definition) is 1. The number of nitrogens with one attached hydrogen (secondary N) is 1. The van der Waals surface area contributed by atoms with Gasteiger partial charge in [-0.2, -0.15) is 9.78 Å². The lowest BCUT2D eigenvalue weighted by atomic mass is 10.2. The van der Waals surface area contributed by atoms with Gasteiger partial charge in [-0.3, -0.25) is 4.79 Å². The van der Waals surface area contributed by atoms with Crippen LogP contribution < -0.4 is 10.2 Å². The molecule has 142 valence electrons. The predicted molar refractivity (Wildman–Crippen MR) is 110 cm³/mol. The second kappa shape index (κ2) is 7.05. The summed E-state index contributed by atoms with van der Waals surface area (Å²) in [5.41, 5.74) is 2.98. The average Bonchev–Trinajstić information content (AvgIpc) is 3.24. The minimum Gasteiger partial charge on any atom is -0.378 e. The third-order valence-corrected chi connectivity index (χ3v) is 5.23. The molecule has 0 saturated carbocycles. The highest BCUT2D eigenvalue weighted by atomic mass is 32.1. The number of rotatable bonds is 4. The Morgan fingerprint density at radius 1 is 1.14 bits per heavy atom. The highest BCUT2D eigenvalue weighted by Crippen LogP contribution is 2.28. The maximum absolute atomic E-state index is 13.5. The highest BCUT2D eigenvalue weighted by molar-refractivity contribution is 7.20. The third-order valence-electron chi connectivity index (χ3n) is 4.24. The Hall–Kier alpha value is -3.26. The number of anilines is 2. The second-order valence-corrected chi connectivity index (χ2v) is 7.60. The molecule has 0 aliphatic heterocycles. The number of benzene rings is 2. The van der Waals surface area contributed by atoms with Crippen molar-refractivity contribution in [3.05, 3.63) is 65.6 Å². The predicted octanol–water partition coefficient (Wildman–Crippen LogP) is 4.25. The summed E-state index contributed by atoms with van der Waals surface area (Å²) in [6.45, 7) is 1.84. The zero-order valence-corrected chi connectivity index (χ0v) is 16.4. The second-order valence-electron chi connectivity index (χ2n) is 6.59. The van der Waals surface area contributed by atoms with E-state index in [-0.39, 0.29) is 11.7 Å². The van der Waals surface area contributed by atoms with Crippen molar-refractivity contribution in [3.63, 3.8) is 0 Å². The minimum atomic E-state index is -0.311. The highest BCUT2D eigenvalue weighted by Gasteiger charge is 2.16. The molecule has 0 saturated heterocycles. The maximum Gasteiger partial charge on any atom is 0.256 e. The number of nitrogens with zero attached hydrogens (tertiary/aromatic N) is 4. The summed E-state index contributed by atoms with van der Waals surface area (Å²) in [5.74, 6) is -0.0358. The molecule has 0 aliphatic carbocycles. The van der Waals surface area contributed by atoms with Crippen LogP contribution in [-0.4, -0.2) is 34.8 Å². The fraction of sp³-hybridized carbons (Fsp3) is 0.150. The summed E-state index contributed by atoms with van der Waals surface area (Å²) in [6, 6.07) is 13.6. The van der Waals surface area contributed by atoms with Crippen molar-refractivity contribution in [1.29, 1.82) is 0 Å². The SMILES string of the molecule is Cc1cc(NC(=O)c2ccc(N(C)C)cc2)n(-c2nc3ccc(F)cc3s2)n1. The lowest BCUT2D eigenvalue weighted by Gasteiger charge is -2.12. The molecule has 2 aromatic heterocycles. The summed E-state index contributed by atoms with van der Waals surface area (Å²) in [6.07, 6.45) is 0. The minimum absolute atomic E-state index is 0.237. The molecule has 0 atom stereocenters. The molecule has 0 unspecified atom stereocenters. The van der Waals surface area contributed by atoms with E-state index >= 15 is 0 Å². The fourth-order valence-corrected chi connectivity index (χ4v) is 3.77. The first-order valence-electron chi connectivity index (χ1n) is 8.62. The van der Waals surface area contributed by atoms with Gasteiger partial charge in [0.25, 0.3) is 5.91 Å². The van der Waals surface area contributed by atoms with Crippen LogP contribution in [0, 0.1) is 12.7 Å². The quantitative estimate of drug-likeness (QED) is 0.561. The summed E-state index contributed by atoms with van der Waals surface area (Å²) in [7, 11) is 3.89. The van der Waals surface area contributed by atoms with E-state index in [0.29, 0.717) is 22.0 Å².